The van der Waals surface area contributed by atoms with E-state index in [1.807, 2.05) is 37.4 Å². The maximum Gasteiger partial charge on any atom is 0.119 e. The molecule has 5 nitrogen and oxygen atoms in total. The highest BCUT2D eigenvalue weighted by Gasteiger charge is 2.09. The molecule has 0 bridgehead atoms. The Balaban J connectivity index is 1.67. The minimum atomic E-state index is 0.0785. The zero-order valence-electron chi connectivity index (χ0n) is 14.9. The molecule has 2 rings (SSSR count). The first-order valence-electron chi connectivity index (χ1n) is 8.84. The average molecular weight is 344 g/mol. The van der Waals surface area contributed by atoms with Crippen molar-refractivity contribution in [2.24, 2.45) is 0 Å². The lowest BCUT2D eigenvalue weighted by Crippen LogP contribution is -2.25. The molecule has 1 aromatic carbocycles. The van der Waals surface area contributed by atoms with Crippen molar-refractivity contribution in [1.29, 1.82) is 0 Å². The summed E-state index contributed by atoms with van der Waals surface area (Å²) in [6, 6.07) is 12.1. The number of nitrogens with zero attached hydrogens (tertiary/aromatic N) is 1. The molecule has 0 spiro atoms. The Hall–Kier alpha value is -1.95. The van der Waals surface area contributed by atoms with Crippen molar-refractivity contribution in [3.63, 3.8) is 0 Å². The summed E-state index contributed by atoms with van der Waals surface area (Å²) >= 11 is 0. The molecule has 2 aromatic rings. The van der Waals surface area contributed by atoms with Gasteiger partial charge in [-0.3, -0.25) is 4.98 Å². The van der Waals surface area contributed by atoms with Crippen molar-refractivity contribution in [2.45, 2.75) is 19.3 Å². The van der Waals surface area contributed by atoms with Crippen LogP contribution in [0.4, 0.5) is 0 Å². The molecule has 0 amide bonds. The topological polar surface area (TPSA) is 63.6 Å². The van der Waals surface area contributed by atoms with Crippen molar-refractivity contribution in [2.75, 3.05) is 39.5 Å². The van der Waals surface area contributed by atoms with E-state index >= 15 is 0 Å². The fourth-order valence-electron chi connectivity index (χ4n) is 2.53. The average Bonchev–Trinajstić information content (AvgIpc) is 2.67. The van der Waals surface area contributed by atoms with Crippen LogP contribution in [-0.2, 0) is 11.2 Å². The highest BCUT2D eigenvalue weighted by molar-refractivity contribution is 5.27. The van der Waals surface area contributed by atoms with Crippen LogP contribution < -0.4 is 10.1 Å². The quantitative estimate of drug-likeness (QED) is 0.579. The van der Waals surface area contributed by atoms with E-state index in [1.165, 1.54) is 5.56 Å². The fraction of sp³-hybridized carbons (Fsp3) is 0.450. The lowest BCUT2D eigenvalue weighted by Gasteiger charge is -2.15. The summed E-state index contributed by atoms with van der Waals surface area (Å²) in [4.78, 5) is 4.11. The van der Waals surface area contributed by atoms with E-state index in [1.54, 1.807) is 6.20 Å². The number of ether oxygens (including phenoxy) is 2. The minimum absolute atomic E-state index is 0.0785. The van der Waals surface area contributed by atoms with Crippen molar-refractivity contribution < 1.29 is 14.6 Å². The Morgan fingerprint density at radius 2 is 2.00 bits per heavy atom. The second kappa shape index (κ2) is 11.6. The van der Waals surface area contributed by atoms with Gasteiger partial charge in [0.15, 0.2) is 0 Å². The molecule has 0 aliphatic carbocycles. The third-order valence-electron chi connectivity index (χ3n) is 3.98. The van der Waals surface area contributed by atoms with Gasteiger partial charge in [-0.25, -0.2) is 0 Å². The van der Waals surface area contributed by atoms with Crippen LogP contribution in [0.1, 0.15) is 24.0 Å². The van der Waals surface area contributed by atoms with E-state index in [9.17, 15) is 5.11 Å². The highest BCUT2D eigenvalue weighted by atomic mass is 16.5. The van der Waals surface area contributed by atoms with E-state index in [4.69, 9.17) is 9.47 Å². The predicted octanol–water partition coefficient (Wildman–Crippen LogP) is 2.41. The first-order chi connectivity index (χ1) is 12.3. The van der Waals surface area contributed by atoms with E-state index < -0.39 is 0 Å². The van der Waals surface area contributed by atoms with Crippen LogP contribution >= 0.6 is 0 Å². The van der Waals surface area contributed by atoms with Gasteiger partial charge in [0, 0.05) is 31.5 Å². The fourth-order valence-corrected chi connectivity index (χ4v) is 2.53. The van der Waals surface area contributed by atoms with Crippen LogP contribution in [0.2, 0.25) is 0 Å². The molecule has 0 fully saturated rings. The van der Waals surface area contributed by atoms with Gasteiger partial charge in [0.05, 0.1) is 13.2 Å². The highest BCUT2D eigenvalue weighted by Crippen LogP contribution is 2.14. The zero-order chi connectivity index (χ0) is 17.7. The Labute approximate surface area is 150 Å². The Morgan fingerprint density at radius 3 is 2.68 bits per heavy atom. The summed E-state index contributed by atoms with van der Waals surface area (Å²) in [7, 11) is 0. The summed E-state index contributed by atoms with van der Waals surface area (Å²) < 4.78 is 10.9. The number of benzene rings is 1. The molecule has 25 heavy (non-hydrogen) atoms. The van der Waals surface area contributed by atoms with Gasteiger partial charge in [-0.1, -0.05) is 18.2 Å². The summed E-state index contributed by atoms with van der Waals surface area (Å²) in [6.07, 6.45) is 4.49. The molecule has 1 unspecified atom stereocenters. The number of aliphatic hydroxyl groups is 1. The molecule has 5 heteroatoms. The second-order valence-electron chi connectivity index (χ2n) is 5.81. The molecule has 0 radical (unpaired) electrons. The molecule has 2 N–H and O–H groups in total. The van der Waals surface area contributed by atoms with Crippen LogP contribution in [0.3, 0.4) is 0 Å². The molecule has 0 aliphatic heterocycles. The summed E-state index contributed by atoms with van der Waals surface area (Å²) in [5, 5.41) is 13.0. The number of hydrogen-bond acceptors (Lipinski definition) is 5. The van der Waals surface area contributed by atoms with Gasteiger partial charge < -0.3 is 19.9 Å². The van der Waals surface area contributed by atoms with Gasteiger partial charge in [0.1, 0.15) is 12.4 Å². The maximum atomic E-state index is 9.54. The van der Waals surface area contributed by atoms with E-state index in [0.717, 1.165) is 30.8 Å². The van der Waals surface area contributed by atoms with Gasteiger partial charge in [0.2, 0.25) is 0 Å². The van der Waals surface area contributed by atoms with Crippen LogP contribution in [0.15, 0.2) is 48.8 Å². The Kier molecular flexibility index (Phi) is 8.97. The predicted molar refractivity (Wildman–Crippen MR) is 99.1 cm³/mol. The monoisotopic (exact) mass is 344 g/mol. The van der Waals surface area contributed by atoms with Crippen LogP contribution in [0.25, 0.3) is 0 Å². The van der Waals surface area contributed by atoms with Gasteiger partial charge in [-0.05, 0) is 49.2 Å². The van der Waals surface area contributed by atoms with Gasteiger partial charge in [0.25, 0.3) is 0 Å². The van der Waals surface area contributed by atoms with Gasteiger partial charge >= 0.3 is 0 Å². The van der Waals surface area contributed by atoms with Crippen LogP contribution in [0.5, 0.6) is 5.75 Å². The molecular weight excluding hydrogens is 316 g/mol. The Bertz CT molecular complexity index is 575. The standard InChI is InChI=1S/C20H28N2O3/c1-2-24-12-13-25-20-7-5-17(6-8-20)9-11-22-15-19(16-23)18-4-3-10-21-14-18/h3-8,10,14,19,22-23H,2,9,11-13,15-16H2,1H3. The van der Waals surface area contributed by atoms with Crippen molar-refractivity contribution in [3.05, 3.63) is 59.9 Å². The lowest BCUT2D eigenvalue weighted by atomic mass is 10.0. The normalized spacial score (nSPS) is 12.1. The number of rotatable bonds is 12. The number of nitrogens with one attached hydrogen (secondary N) is 1. The second-order valence-corrected chi connectivity index (χ2v) is 5.81. The Morgan fingerprint density at radius 1 is 1.16 bits per heavy atom. The SMILES string of the molecule is CCOCCOc1ccc(CCNCC(CO)c2cccnc2)cc1. The smallest absolute Gasteiger partial charge is 0.119 e. The number of aliphatic hydroxyl groups excluding tert-OH is 1. The summed E-state index contributed by atoms with van der Waals surface area (Å²) in [5.41, 5.74) is 2.32. The number of hydrogen-bond donors (Lipinski definition) is 2. The third-order valence-corrected chi connectivity index (χ3v) is 3.98. The molecule has 1 aromatic heterocycles. The third kappa shape index (κ3) is 7.22. The number of pyridine rings is 1. The first-order valence-corrected chi connectivity index (χ1v) is 8.84. The van der Waals surface area contributed by atoms with Crippen LogP contribution in [-0.4, -0.2) is 49.6 Å². The summed E-state index contributed by atoms with van der Waals surface area (Å²) in [6.45, 7) is 5.60. The van der Waals surface area contributed by atoms with Crippen molar-refractivity contribution in [3.8, 4) is 5.75 Å². The molecule has 0 saturated carbocycles. The zero-order valence-corrected chi connectivity index (χ0v) is 14.9. The molecule has 136 valence electrons. The van der Waals surface area contributed by atoms with E-state index in [2.05, 4.69) is 22.4 Å². The molecule has 0 aliphatic rings. The van der Waals surface area contributed by atoms with Gasteiger partial charge in [-0.15, -0.1) is 0 Å². The lowest BCUT2D eigenvalue weighted by molar-refractivity contribution is 0.110. The van der Waals surface area contributed by atoms with E-state index in [-0.39, 0.29) is 12.5 Å². The molecule has 1 heterocycles. The molecule has 1 atom stereocenters. The largest absolute Gasteiger partial charge is 0.491 e. The minimum Gasteiger partial charge on any atom is -0.491 e. The van der Waals surface area contributed by atoms with Gasteiger partial charge in [-0.2, -0.15) is 0 Å². The van der Waals surface area contributed by atoms with Crippen molar-refractivity contribution in [1.82, 2.24) is 10.3 Å². The van der Waals surface area contributed by atoms with Crippen LogP contribution in [0, 0.1) is 0 Å². The first kappa shape index (κ1) is 19.4. The number of aromatic nitrogens is 1. The molecular formula is C20H28N2O3. The maximum absolute atomic E-state index is 9.54. The summed E-state index contributed by atoms with van der Waals surface area (Å²) in [5.74, 6) is 0.947. The van der Waals surface area contributed by atoms with Crippen molar-refractivity contribution >= 4 is 0 Å². The van der Waals surface area contributed by atoms with E-state index in [0.29, 0.717) is 19.8 Å². The molecule has 0 saturated heterocycles.